The van der Waals surface area contributed by atoms with Crippen molar-refractivity contribution < 1.29 is 18.7 Å². The van der Waals surface area contributed by atoms with Gasteiger partial charge in [0.1, 0.15) is 11.8 Å². The smallest absolute Gasteiger partial charge is 0.410 e. The number of halogens is 1. The van der Waals surface area contributed by atoms with Gasteiger partial charge in [-0.2, -0.15) is 0 Å². The van der Waals surface area contributed by atoms with Crippen LogP contribution in [0, 0.1) is 0 Å². The third kappa shape index (κ3) is 3.81. The second-order valence-electron chi connectivity index (χ2n) is 6.45. The maximum atomic E-state index is 13.8. The third-order valence-electron chi connectivity index (χ3n) is 3.64. The number of hydrogen-bond acceptors (Lipinski definition) is 3. The van der Waals surface area contributed by atoms with Gasteiger partial charge in [0, 0.05) is 25.3 Å². The highest BCUT2D eigenvalue weighted by Crippen LogP contribution is 2.32. The van der Waals surface area contributed by atoms with Crippen LogP contribution in [0.2, 0.25) is 0 Å². The van der Waals surface area contributed by atoms with Crippen LogP contribution in [0.25, 0.3) is 0 Å². The van der Waals surface area contributed by atoms with E-state index in [-0.39, 0.29) is 18.2 Å². The summed E-state index contributed by atoms with van der Waals surface area (Å²) in [6.07, 6.45) is 1.06. The Kier molecular flexibility index (Phi) is 4.33. The first kappa shape index (κ1) is 14.6. The molecule has 2 aliphatic rings. The van der Waals surface area contributed by atoms with Gasteiger partial charge < -0.3 is 14.4 Å². The summed E-state index contributed by atoms with van der Waals surface area (Å²) in [5.74, 6) is 0. The summed E-state index contributed by atoms with van der Waals surface area (Å²) in [6, 6.07) is -0.187. The quantitative estimate of drug-likeness (QED) is 0.681. The van der Waals surface area contributed by atoms with Crippen molar-refractivity contribution in [3.05, 3.63) is 0 Å². The zero-order valence-corrected chi connectivity index (χ0v) is 12.0. The molecule has 0 N–H and O–H groups in total. The monoisotopic (exact) mass is 273 g/mol. The van der Waals surface area contributed by atoms with Gasteiger partial charge in [-0.1, -0.05) is 0 Å². The second-order valence-corrected chi connectivity index (χ2v) is 6.45. The van der Waals surface area contributed by atoms with Gasteiger partial charge in [-0.15, -0.1) is 0 Å². The molecule has 2 saturated heterocycles. The predicted octanol–water partition coefficient (Wildman–Crippen LogP) is 2.90. The topological polar surface area (TPSA) is 38.8 Å². The summed E-state index contributed by atoms with van der Waals surface area (Å²) in [5, 5.41) is 0. The maximum absolute atomic E-state index is 13.8. The highest BCUT2D eigenvalue weighted by molar-refractivity contribution is 5.69. The fraction of sp³-hybridized carbons (Fsp3) is 0.929. The van der Waals surface area contributed by atoms with E-state index in [1.807, 2.05) is 20.8 Å². The van der Waals surface area contributed by atoms with Gasteiger partial charge in [-0.3, -0.25) is 0 Å². The fourth-order valence-electron chi connectivity index (χ4n) is 2.88. The summed E-state index contributed by atoms with van der Waals surface area (Å²) < 4.78 is 24.7. The van der Waals surface area contributed by atoms with E-state index in [0.717, 1.165) is 0 Å². The van der Waals surface area contributed by atoms with Crippen LogP contribution in [0.15, 0.2) is 0 Å². The first-order chi connectivity index (χ1) is 8.87. The number of alkyl halides is 1. The Morgan fingerprint density at radius 2 is 1.74 bits per heavy atom. The Morgan fingerprint density at radius 1 is 1.21 bits per heavy atom. The third-order valence-corrected chi connectivity index (χ3v) is 3.64. The molecule has 0 aromatic rings. The largest absolute Gasteiger partial charge is 0.444 e. The number of carbonyl (C=O) groups is 1. The van der Waals surface area contributed by atoms with Gasteiger partial charge in [0.05, 0.1) is 0 Å². The van der Waals surface area contributed by atoms with E-state index < -0.39 is 11.8 Å². The molecule has 110 valence electrons. The first-order valence-electron chi connectivity index (χ1n) is 7.10. The van der Waals surface area contributed by atoms with Gasteiger partial charge in [0.25, 0.3) is 0 Å². The Hall–Kier alpha value is -0.840. The average molecular weight is 273 g/mol. The van der Waals surface area contributed by atoms with Gasteiger partial charge in [-0.05, 0) is 46.5 Å². The van der Waals surface area contributed by atoms with Crippen LogP contribution < -0.4 is 0 Å². The number of piperidine rings is 1. The maximum Gasteiger partial charge on any atom is 0.410 e. The van der Waals surface area contributed by atoms with Crippen molar-refractivity contribution in [3.63, 3.8) is 0 Å². The summed E-state index contributed by atoms with van der Waals surface area (Å²) in [4.78, 5) is 14.1. The van der Waals surface area contributed by atoms with Crippen molar-refractivity contribution in [1.82, 2.24) is 4.90 Å². The molecular formula is C14H24FNO3. The molecule has 2 unspecified atom stereocenters. The number of hydrogen-bond donors (Lipinski definition) is 0. The van der Waals surface area contributed by atoms with Crippen molar-refractivity contribution in [2.45, 2.75) is 70.3 Å². The Morgan fingerprint density at radius 3 is 2.21 bits per heavy atom. The van der Waals surface area contributed by atoms with Crippen LogP contribution in [0.3, 0.4) is 0 Å². The first-order valence-corrected chi connectivity index (χ1v) is 7.10. The van der Waals surface area contributed by atoms with Crippen LogP contribution in [0.1, 0.15) is 46.5 Å². The van der Waals surface area contributed by atoms with Gasteiger partial charge in [0.15, 0.2) is 0 Å². The molecule has 0 aromatic carbocycles. The average Bonchev–Trinajstić information content (AvgIpc) is 2.23. The molecule has 2 fully saturated rings. The van der Waals surface area contributed by atoms with E-state index in [9.17, 15) is 9.18 Å². The second kappa shape index (κ2) is 5.65. The van der Waals surface area contributed by atoms with Crippen LogP contribution in [0.5, 0.6) is 0 Å². The van der Waals surface area contributed by atoms with E-state index in [0.29, 0.717) is 38.9 Å². The lowest BCUT2D eigenvalue weighted by molar-refractivity contribution is -0.0419. The molecule has 2 aliphatic heterocycles. The molecule has 2 heterocycles. The number of nitrogens with zero attached hydrogens (tertiary/aromatic N) is 1. The van der Waals surface area contributed by atoms with Crippen LogP contribution in [0.4, 0.5) is 9.18 Å². The molecule has 4 nitrogen and oxygen atoms in total. The SMILES string of the molecule is CC(C)(C)OC(=O)N1C2CCOCCC1CC(F)C2. The minimum atomic E-state index is -0.813. The van der Waals surface area contributed by atoms with Crippen molar-refractivity contribution >= 4 is 6.09 Å². The van der Waals surface area contributed by atoms with Crippen molar-refractivity contribution in [1.29, 1.82) is 0 Å². The molecule has 2 bridgehead atoms. The van der Waals surface area contributed by atoms with E-state index in [4.69, 9.17) is 9.47 Å². The standard InChI is InChI=1S/C14H24FNO3/c1-14(2,3)19-13(17)16-11-4-6-18-7-5-12(16)9-10(15)8-11/h10-12H,4-9H2,1-3H3. The number of amides is 1. The summed E-state index contributed by atoms with van der Waals surface area (Å²) in [5.41, 5.74) is -0.515. The zero-order chi connectivity index (χ0) is 14.0. The van der Waals surface area contributed by atoms with Crippen LogP contribution in [-0.4, -0.2) is 48.1 Å². The number of carbonyl (C=O) groups excluding carboxylic acids is 1. The number of ether oxygens (including phenoxy) is 2. The molecule has 0 radical (unpaired) electrons. The molecule has 0 spiro atoms. The van der Waals surface area contributed by atoms with Gasteiger partial charge in [-0.25, -0.2) is 9.18 Å². The lowest BCUT2D eigenvalue weighted by atomic mass is 9.90. The number of fused-ring (bicyclic) bond motifs is 2. The summed E-state index contributed by atoms with van der Waals surface area (Å²) >= 11 is 0. The van der Waals surface area contributed by atoms with E-state index in [2.05, 4.69) is 0 Å². The highest BCUT2D eigenvalue weighted by Gasteiger charge is 2.40. The van der Waals surface area contributed by atoms with Crippen molar-refractivity contribution in [2.75, 3.05) is 13.2 Å². The molecule has 2 atom stereocenters. The molecule has 2 rings (SSSR count). The molecule has 0 aromatic heterocycles. The Labute approximate surface area is 114 Å². The van der Waals surface area contributed by atoms with Crippen LogP contribution in [-0.2, 0) is 9.47 Å². The summed E-state index contributed by atoms with van der Waals surface area (Å²) in [6.45, 7) is 6.73. The van der Waals surface area contributed by atoms with Crippen molar-refractivity contribution in [3.8, 4) is 0 Å². The Bertz CT molecular complexity index is 313. The summed E-state index contributed by atoms with van der Waals surface area (Å²) in [7, 11) is 0. The lowest BCUT2D eigenvalue weighted by Gasteiger charge is -2.44. The van der Waals surface area contributed by atoms with Gasteiger partial charge in [0.2, 0.25) is 0 Å². The fourth-order valence-corrected chi connectivity index (χ4v) is 2.88. The minimum absolute atomic E-state index is 0.0936. The molecule has 0 saturated carbocycles. The van der Waals surface area contributed by atoms with E-state index in [1.54, 1.807) is 4.90 Å². The van der Waals surface area contributed by atoms with E-state index in [1.165, 1.54) is 0 Å². The normalized spacial score (nSPS) is 32.4. The van der Waals surface area contributed by atoms with Gasteiger partial charge >= 0.3 is 6.09 Å². The molecule has 0 aliphatic carbocycles. The van der Waals surface area contributed by atoms with Crippen LogP contribution >= 0.6 is 0 Å². The minimum Gasteiger partial charge on any atom is -0.444 e. The Balaban J connectivity index is 2.13. The molecule has 19 heavy (non-hydrogen) atoms. The highest BCUT2D eigenvalue weighted by atomic mass is 19.1. The number of rotatable bonds is 0. The van der Waals surface area contributed by atoms with Crippen molar-refractivity contribution in [2.24, 2.45) is 0 Å². The molecule has 5 heteroatoms. The van der Waals surface area contributed by atoms with E-state index >= 15 is 0 Å². The zero-order valence-electron chi connectivity index (χ0n) is 12.0. The predicted molar refractivity (Wildman–Crippen MR) is 69.8 cm³/mol. The lowest BCUT2D eigenvalue weighted by Crippen LogP contribution is -2.55. The molecule has 1 amide bonds. The molecular weight excluding hydrogens is 249 g/mol.